The van der Waals surface area contributed by atoms with E-state index in [4.69, 9.17) is 0 Å². The summed E-state index contributed by atoms with van der Waals surface area (Å²) in [6, 6.07) is 8.58. The maximum absolute atomic E-state index is 12.4. The van der Waals surface area contributed by atoms with Crippen LogP contribution in [0, 0.1) is 5.92 Å². The summed E-state index contributed by atoms with van der Waals surface area (Å²) in [4.78, 5) is 22.1. The van der Waals surface area contributed by atoms with Gasteiger partial charge in [-0.1, -0.05) is 19.1 Å². The van der Waals surface area contributed by atoms with Crippen LogP contribution in [0.1, 0.15) is 31.7 Å². The molecule has 2 rings (SSSR count). The molecule has 5 nitrogen and oxygen atoms in total. The minimum absolute atomic E-state index is 0. The molecule has 1 atom stereocenters. The van der Waals surface area contributed by atoms with Crippen LogP contribution in [0.2, 0.25) is 0 Å². The van der Waals surface area contributed by atoms with Gasteiger partial charge in [0.15, 0.2) is 5.96 Å². The van der Waals surface area contributed by atoms with Gasteiger partial charge in [0, 0.05) is 51.6 Å². The van der Waals surface area contributed by atoms with Crippen molar-refractivity contribution in [1.29, 1.82) is 0 Å². The number of nitrogens with one attached hydrogen (secondary N) is 1. The molecule has 152 valence electrons. The number of rotatable bonds is 6. The fourth-order valence-corrected chi connectivity index (χ4v) is 3.73. The number of carbonyl (C=O) groups is 1. The summed E-state index contributed by atoms with van der Waals surface area (Å²) in [6.07, 6.45) is 4.96. The maximum Gasteiger partial charge on any atom is 0.224 e. The number of piperidine rings is 1. The van der Waals surface area contributed by atoms with E-state index in [0.717, 1.165) is 32.0 Å². The molecule has 27 heavy (non-hydrogen) atoms. The third-order valence-electron chi connectivity index (χ3n) is 4.78. The lowest BCUT2D eigenvalue weighted by molar-refractivity contribution is -0.132. The highest BCUT2D eigenvalue weighted by molar-refractivity contribution is 14.0. The van der Waals surface area contributed by atoms with Crippen LogP contribution in [0.5, 0.6) is 0 Å². The number of benzene rings is 1. The van der Waals surface area contributed by atoms with E-state index in [-0.39, 0.29) is 29.9 Å². The Morgan fingerprint density at radius 3 is 2.67 bits per heavy atom. The van der Waals surface area contributed by atoms with E-state index < -0.39 is 0 Å². The van der Waals surface area contributed by atoms with E-state index in [1.54, 1.807) is 18.8 Å². The topological polar surface area (TPSA) is 47.9 Å². The maximum atomic E-state index is 12.4. The molecule has 7 heteroatoms. The second-order valence-electron chi connectivity index (χ2n) is 7.02. The smallest absolute Gasteiger partial charge is 0.224 e. The minimum Gasteiger partial charge on any atom is -0.356 e. The summed E-state index contributed by atoms with van der Waals surface area (Å²) >= 11 is 1.75. The predicted octanol–water partition coefficient (Wildman–Crippen LogP) is 3.68. The van der Waals surface area contributed by atoms with Crippen LogP contribution < -0.4 is 5.32 Å². The first-order valence-electron chi connectivity index (χ1n) is 9.36. The van der Waals surface area contributed by atoms with Crippen LogP contribution in [0.4, 0.5) is 0 Å². The zero-order valence-electron chi connectivity index (χ0n) is 16.9. The molecule has 1 aliphatic rings. The Bertz CT molecular complexity index is 609. The van der Waals surface area contributed by atoms with Crippen LogP contribution in [0.25, 0.3) is 0 Å². The molecule has 1 aromatic rings. The number of guanidine groups is 1. The zero-order chi connectivity index (χ0) is 18.9. The fraction of sp³-hybridized carbons (Fsp3) is 0.600. The summed E-state index contributed by atoms with van der Waals surface area (Å²) in [7, 11) is 3.80. The molecule has 1 unspecified atom stereocenters. The molecular formula is C20H33IN4OS. The van der Waals surface area contributed by atoms with Crippen molar-refractivity contribution in [3.05, 3.63) is 29.8 Å². The first kappa shape index (κ1) is 24.1. The monoisotopic (exact) mass is 504 g/mol. The van der Waals surface area contributed by atoms with Gasteiger partial charge in [-0.15, -0.1) is 35.7 Å². The van der Waals surface area contributed by atoms with Crippen molar-refractivity contribution in [3.63, 3.8) is 0 Å². The van der Waals surface area contributed by atoms with Crippen LogP contribution in [0.15, 0.2) is 34.2 Å². The molecule has 0 bridgehead atoms. The Hall–Kier alpha value is -0.960. The number of hydrogen-bond donors (Lipinski definition) is 1. The van der Waals surface area contributed by atoms with Gasteiger partial charge in [-0.05, 0) is 42.7 Å². The number of carbonyl (C=O) groups excluding carboxylic acids is 1. The van der Waals surface area contributed by atoms with Crippen molar-refractivity contribution in [2.45, 2.75) is 37.6 Å². The molecule has 1 saturated heterocycles. The highest BCUT2D eigenvalue weighted by atomic mass is 127. The SMILES string of the molecule is CN=C(NCCC(=O)N1CCCC(C)C1)N(C)Cc1ccc(SC)cc1.I. The van der Waals surface area contributed by atoms with Gasteiger partial charge >= 0.3 is 0 Å². The zero-order valence-corrected chi connectivity index (χ0v) is 20.0. The van der Waals surface area contributed by atoms with Gasteiger partial charge in [0.05, 0.1) is 0 Å². The fourth-order valence-electron chi connectivity index (χ4n) is 3.32. The van der Waals surface area contributed by atoms with E-state index >= 15 is 0 Å². The summed E-state index contributed by atoms with van der Waals surface area (Å²) in [5, 5.41) is 3.32. The average Bonchev–Trinajstić information content (AvgIpc) is 2.65. The van der Waals surface area contributed by atoms with Crippen molar-refractivity contribution >= 4 is 47.6 Å². The van der Waals surface area contributed by atoms with Crippen LogP contribution in [0.3, 0.4) is 0 Å². The number of likely N-dealkylation sites (tertiary alicyclic amines) is 1. The summed E-state index contributed by atoms with van der Waals surface area (Å²) < 4.78 is 0. The van der Waals surface area contributed by atoms with Gasteiger partial charge in [0.1, 0.15) is 0 Å². The molecule has 0 spiro atoms. The van der Waals surface area contributed by atoms with Crippen LogP contribution in [-0.4, -0.2) is 61.7 Å². The lowest BCUT2D eigenvalue weighted by Gasteiger charge is -2.31. The number of amides is 1. The largest absolute Gasteiger partial charge is 0.356 e. The quantitative estimate of drug-likeness (QED) is 0.278. The number of aliphatic imine (C=N–C) groups is 1. The third-order valence-corrected chi connectivity index (χ3v) is 5.53. The number of thioether (sulfide) groups is 1. The third kappa shape index (κ3) is 7.89. The lowest BCUT2D eigenvalue weighted by Crippen LogP contribution is -2.42. The summed E-state index contributed by atoms with van der Waals surface area (Å²) in [5.41, 5.74) is 1.24. The van der Waals surface area contributed by atoms with Crippen LogP contribution >= 0.6 is 35.7 Å². The molecule has 0 aromatic heterocycles. The Morgan fingerprint density at radius 1 is 1.37 bits per heavy atom. The van der Waals surface area contributed by atoms with Gasteiger partial charge in [-0.2, -0.15) is 0 Å². The Balaban J connectivity index is 0.00000364. The van der Waals surface area contributed by atoms with E-state index in [1.807, 2.05) is 11.9 Å². The van der Waals surface area contributed by atoms with Crippen molar-refractivity contribution in [1.82, 2.24) is 15.1 Å². The van der Waals surface area contributed by atoms with Crippen molar-refractivity contribution in [2.75, 3.05) is 40.0 Å². The van der Waals surface area contributed by atoms with Gasteiger partial charge < -0.3 is 15.1 Å². The van der Waals surface area contributed by atoms with Gasteiger partial charge in [0.25, 0.3) is 0 Å². The molecule has 1 fully saturated rings. The molecule has 1 aliphatic heterocycles. The van der Waals surface area contributed by atoms with Crippen molar-refractivity contribution in [3.8, 4) is 0 Å². The molecule has 0 aliphatic carbocycles. The first-order chi connectivity index (χ1) is 12.5. The van der Waals surface area contributed by atoms with Gasteiger partial charge in [-0.3, -0.25) is 9.79 Å². The number of nitrogens with zero attached hydrogens (tertiary/aromatic N) is 3. The van der Waals surface area contributed by atoms with E-state index in [2.05, 4.69) is 52.7 Å². The minimum atomic E-state index is 0. The van der Waals surface area contributed by atoms with Crippen molar-refractivity contribution < 1.29 is 4.79 Å². The number of halogens is 1. The highest BCUT2D eigenvalue weighted by Gasteiger charge is 2.20. The predicted molar refractivity (Wildman–Crippen MR) is 126 cm³/mol. The number of hydrogen-bond acceptors (Lipinski definition) is 3. The standard InChI is InChI=1S/C20H32N4OS.HI/c1-16-6-5-13-24(14-16)19(25)11-12-22-20(21-2)23(3)15-17-7-9-18(26-4)10-8-17;/h7-10,16H,5-6,11-15H2,1-4H3,(H,21,22);1H. The molecule has 0 saturated carbocycles. The normalized spacial score (nSPS) is 17.3. The highest BCUT2D eigenvalue weighted by Crippen LogP contribution is 2.16. The second kappa shape index (κ2) is 12.5. The Kier molecular flexibility index (Phi) is 11.1. The van der Waals surface area contributed by atoms with Gasteiger partial charge in [-0.25, -0.2) is 0 Å². The molecule has 0 radical (unpaired) electrons. The van der Waals surface area contributed by atoms with Crippen molar-refractivity contribution in [2.24, 2.45) is 10.9 Å². The summed E-state index contributed by atoms with van der Waals surface area (Å²) in [6.45, 7) is 5.43. The molecular weight excluding hydrogens is 471 g/mol. The Labute approximate surface area is 185 Å². The van der Waals surface area contributed by atoms with E-state index in [1.165, 1.54) is 16.9 Å². The lowest BCUT2D eigenvalue weighted by atomic mass is 10.00. The molecule has 1 aromatic carbocycles. The van der Waals surface area contributed by atoms with E-state index in [0.29, 0.717) is 18.9 Å². The summed E-state index contributed by atoms with van der Waals surface area (Å²) in [5.74, 6) is 1.69. The molecule has 1 amide bonds. The average molecular weight is 504 g/mol. The molecule has 1 N–H and O–H groups in total. The van der Waals surface area contributed by atoms with E-state index in [9.17, 15) is 4.79 Å². The van der Waals surface area contributed by atoms with Gasteiger partial charge in [0.2, 0.25) is 5.91 Å². The Morgan fingerprint density at radius 2 is 2.07 bits per heavy atom. The van der Waals surface area contributed by atoms with Crippen LogP contribution in [-0.2, 0) is 11.3 Å². The molecule has 1 heterocycles. The second-order valence-corrected chi connectivity index (χ2v) is 7.89. The first-order valence-corrected chi connectivity index (χ1v) is 10.6.